The lowest BCUT2D eigenvalue weighted by molar-refractivity contribution is -0.914. The van der Waals surface area contributed by atoms with E-state index in [2.05, 4.69) is 34.5 Å². The number of hydrogen-bond donors (Lipinski definition) is 1. The highest BCUT2D eigenvalue weighted by Crippen LogP contribution is 2.25. The molecule has 0 bridgehead atoms. The maximum Gasteiger partial charge on any atom is 0.123 e. The van der Waals surface area contributed by atoms with Gasteiger partial charge in [-0.1, -0.05) is 0 Å². The van der Waals surface area contributed by atoms with Crippen LogP contribution in [0, 0.1) is 0 Å². The van der Waals surface area contributed by atoms with Crippen molar-refractivity contribution in [3.8, 4) is 22.1 Å². The Morgan fingerprint density at radius 2 is 1.54 bits per heavy atom. The minimum absolute atomic E-state index is 0.875. The Hall–Kier alpha value is -2.57. The number of rotatable bonds is 6. The zero-order valence-corrected chi connectivity index (χ0v) is 17.2. The number of aromatic nitrogens is 1. The van der Waals surface area contributed by atoms with Crippen LogP contribution in [-0.2, 0) is 6.54 Å². The third-order valence-electron chi connectivity index (χ3n) is 5.23. The highest BCUT2D eigenvalue weighted by molar-refractivity contribution is 7.13. The maximum atomic E-state index is 5.25. The summed E-state index contributed by atoms with van der Waals surface area (Å²) in [6.45, 7) is 5.38. The Labute approximate surface area is 170 Å². The van der Waals surface area contributed by atoms with Crippen LogP contribution < -0.4 is 19.3 Å². The molecule has 6 heteroatoms. The summed E-state index contributed by atoms with van der Waals surface area (Å²) in [5.74, 6) is 1.78. The highest BCUT2D eigenvalue weighted by Gasteiger charge is 2.21. The number of nitrogens with one attached hydrogen (secondary N) is 1. The average molecular weight is 397 g/mol. The van der Waals surface area contributed by atoms with Crippen LogP contribution in [0.5, 0.6) is 11.5 Å². The molecule has 0 aliphatic carbocycles. The Balaban J connectivity index is 1.32. The summed E-state index contributed by atoms with van der Waals surface area (Å²) in [5, 5.41) is 3.27. The van der Waals surface area contributed by atoms with E-state index in [9.17, 15) is 0 Å². The Morgan fingerprint density at radius 3 is 2.14 bits per heavy atom. The number of piperazine rings is 1. The summed E-state index contributed by atoms with van der Waals surface area (Å²) >= 11 is 1.72. The van der Waals surface area contributed by atoms with Gasteiger partial charge in [-0.3, -0.25) is 0 Å². The molecule has 3 aromatic rings. The second kappa shape index (κ2) is 8.63. The number of nitrogens with zero attached hydrogens (tertiary/aromatic N) is 2. The van der Waals surface area contributed by atoms with Crippen molar-refractivity contribution in [1.29, 1.82) is 0 Å². The first-order valence-corrected chi connectivity index (χ1v) is 10.4. The second-order valence-corrected chi connectivity index (χ2v) is 7.84. The van der Waals surface area contributed by atoms with Gasteiger partial charge in [-0.05, 0) is 48.5 Å². The summed E-state index contributed by atoms with van der Waals surface area (Å²) in [4.78, 5) is 8.90. The molecule has 0 saturated carbocycles. The number of thiazole rings is 1. The molecule has 0 spiro atoms. The van der Waals surface area contributed by atoms with Crippen molar-refractivity contribution in [3.63, 3.8) is 0 Å². The first-order valence-electron chi connectivity index (χ1n) is 9.56. The molecule has 2 aromatic carbocycles. The van der Waals surface area contributed by atoms with Crippen molar-refractivity contribution in [3.05, 3.63) is 59.6 Å². The predicted molar refractivity (Wildman–Crippen MR) is 114 cm³/mol. The van der Waals surface area contributed by atoms with E-state index in [0.717, 1.165) is 54.8 Å². The number of benzene rings is 2. The normalized spacial score (nSPS) is 14.9. The van der Waals surface area contributed by atoms with Gasteiger partial charge in [-0.25, -0.2) is 4.98 Å². The number of ether oxygens (including phenoxy) is 2. The molecule has 0 radical (unpaired) electrons. The van der Waals surface area contributed by atoms with Crippen LogP contribution in [0.15, 0.2) is 53.9 Å². The van der Waals surface area contributed by atoms with E-state index in [-0.39, 0.29) is 0 Å². The molecule has 2 heterocycles. The van der Waals surface area contributed by atoms with Crippen LogP contribution in [0.25, 0.3) is 10.6 Å². The monoisotopic (exact) mass is 396 g/mol. The first-order chi connectivity index (χ1) is 13.7. The average Bonchev–Trinajstić information content (AvgIpc) is 3.23. The van der Waals surface area contributed by atoms with E-state index in [0.29, 0.717) is 0 Å². The predicted octanol–water partition coefficient (Wildman–Crippen LogP) is 2.73. The van der Waals surface area contributed by atoms with Crippen LogP contribution in [-0.4, -0.2) is 45.4 Å². The molecule has 1 fully saturated rings. The highest BCUT2D eigenvalue weighted by atomic mass is 32.1. The lowest BCUT2D eigenvalue weighted by atomic mass is 10.2. The van der Waals surface area contributed by atoms with Crippen LogP contribution in [0.3, 0.4) is 0 Å². The van der Waals surface area contributed by atoms with Crippen molar-refractivity contribution >= 4 is 17.0 Å². The molecule has 146 valence electrons. The van der Waals surface area contributed by atoms with E-state index in [1.165, 1.54) is 11.4 Å². The minimum Gasteiger partial charge on any atom is -0.497 e. The molecule has 1 aliphatic heterocycles. The standard InChI is InChI=1S/C22H25N3O2S/c1-26-20-7-3-17(4-8-20)22-23-18(16-28-22)15-24-11-13-25(14-12-24)19-5-9-21(27-2)10-6-19/h3-10,16H,11-15H2,1-2H3/p+1. The zero-order valence-electron chi connectivity index (χ0n) is 16.4. The van der Waals surface area contributed by atoms with E-state index >= 15 is 0 Å². The van der Waals surface area contributed by atoms with Gasteiger partial charge in [0.2, 0.25) is 0 Å². The Bertz CT molecular complexity index is 885. The molecular formula is C22H26N3O2S+. The summed E-state index contributed by atoms with van der Waals surface area (Å²) in [7, 11) is 3.39. The van der Waals surface area contributed by atoms with Crippen molar-refractivity contribution in [2.24, 2.45) is 0 Å². The van der Waals surface area contributed by atoms with E-state index < -0.39 is 0 Å². The van der Waals surface area contributed by atoms with Crippen LogP contribution >= 0.6 is 11.3 Å². The first kappa shape index (κ1) is 18.8. The van der Waals surface area contributed by atoms with Gasteiger partial charge in [0.25, 0.3) is 0 Å². The fraction of sp³-hybridized carbons (Fsp3) is 0.318. The van der Waals surface area contributed by atoms with Gasteiger partial charge in [0.15, 0.2) is 0 Å². The molecule has 28 heavy (non-hydrogen) atoms. The molecular weight excluding hydrogens is 370 g/mol. The minimum atomic E-state index is 0.875. The summed E-state index contributed by atoms with van der Waals surface area (Å²) in [6, 6.07) is 16.5. The summed E-state index contributed by atoms with van der Waals surface area (Å²) in [5.41, 5.74) is 3.61. The Morgan fingerprint density at radius 1 is 0.929 bits per heavy atom. The molecule has 1 N–H and O–H groups in total. The van der Waals surface area contributed by atoms with E-state index in [1.807, 2.05) is 24.3 Å². The van der Waals surface area contributed by atoms with Crippen molar-refractivity contribution in [1.82, 2.24) is 4.98 Å². The second-order valence-electron chi connectivity index (χ2n) is 6.98. The van der Waals surface area contributed by atoms with Crippen LogP contribution in [0.4, 0.5) is 5.69 Å². The largest absolute Gasteiger partial charge is 0.497 e. The topological polar surface area (TPSA) is 39.0 Å². The van der Waals surface area contributed by atoms with Crippen LogP contribution in [0.2, 0.25) is 0 Å². The number of quaternary nitrogens is 1. The molecule has 1 aliphatic rings. The number of methoxy groups -OCH3 is 2. The number of anilines is 1. The third kappa shape index (κ3) is 4.29. The number of hydrogen-bond acceptors (Lipinski definition) is 5. The van der Waals surface area contributed by atoms with Gasteiger partial charge in [-0.15, -0.1) is 11.3 Å². The van der Waals surface area contributed by atoms with Crippen molar-refractivity contribution in [2.45, 2.75) is 6.54 Å². The van der Waals surface area contributed by atoms with Crippen molar-refractivity contribution in [2.75, 3.05) is 45.3 Å². The Kier molecular flexibility index (Phi) is 5.78. The SMILES string of the molecule is COc1ccc(-c2nc(C[NH+]3CCN(c4ccc(OC)cc4)CC3)cs2)cc1. The summed E-state index contributed by atoms with van der Waals surface area (Å²) in [6.07, 6.45) is 0. The van der Waals surface area contributed by atoms with E-state index in [4.69, 9.17) is 14.5 Å². The van der Waals surface area contributed by atoms with Gasteiger partial charge < -0.3 is 19.3 Å². The lowest BCUT2D eigenvalue weighted by Crippen LogP contribution is -3.13. The molecule has 0 unspecified atom stereocenters. The third-order valence-corrected chi connectivity index (χ3v) is 6.17. The fourth-order valence-corrected chi connectivity index (χ4v) is 4.39. The molecule has 1 aromatic heterocycles. The molecule has 0 amide bonds. The lowest BCUT2D eigenvalue weighted by Gasteiger charge is -2.33. The molecule has 0 atom stereocenters. The van der Waals surface area contributed by atoms with Gasteiger partial charge in [0.05, 0.1) is 40.4 Å². The molecule has 1 saturated heterocycles. The molecule has 4 rings (SSSR count). The van der Waals surface area contributed by atoms with Gasteiger partial charge in [0.1, 0.15) is 28.7 Å². The van der Waals surface area contributed by atoms with Gasteiger partial charge in [0, 0.05) is 16.6 Å². The smallest absolute Gasteiger partial charge is 0.123 e. The quantitative estimate of drug-likeness (QED) is 0.695. The van der Waals surface area contributed by atoms with Gasteiger partial charge >= 0.3 is 0 Å². The summed E-state index contributed by atoms with van der Waals surface area (Å²) < 4.78 is 10.5. The van der Waals surface area contributed by atoms with Crippen molar-refractivity contribution < 1.29 is 14.4 Å². The fourth-order valence-electron chi connectivity index (χ4n) is 3.56. The zero-order chi connectivity index (χ0) is 19.3. The maximum absolute atomic E-state index is 5.25. The van der Waals surface area contributed by atoms with Gasteiger partial charge in [-0.2, -0.15) is 0 Å². The van der Waals surface area contributed by atoms with Crippen LogP contribution in [0.1, 0.15) is 5.69 Å². The van der Waals surface area contributed by atoms with E-state index in [1.54, 1.807) is 30.5 Å². The molecule has 5 nitrogen and oxygen atoms in total.